The van der Waals surface area contributed by atoms with E-state index in [2.05, 4.69) is 5.32 Å². The molecule has 0 aliphatic rings. The molecule has 0 saturated heterocycles. The second-order valence-electron chi connectivity index (χ2n) is 7.03. The summed E-state index contributed by atoms with van der Waals surface area (Å²) in [5.41, 5.74) is 1.32. The molecule has 0 spiro atoms. The lowest BCUT2D eigenvalue weighted by Crippen LogP contribution is -2.41. The number of hydrogen-bond acceptors (Lipinski definition) is 3. The highest BCUT2D eigenvalue weighted by Gasteiger charge is 2.29. The van der Waals surface area contributed by atoms with Gasteiger partial charge in [0, 0.05) is 6.54 Å². The second-order valence-corrected chi connectivity index (χ2v) is 8.94. The fourth-order valence-electron chi connectivity index (χ4n) is 3.08. The molecule has 8 heteroatoms. The lowest BCUT2D eigenvalue weighted by Gasteiger charge is -2.23. The van der Waals surface area contributed by atoms with Crippen LogP contribution >= 0.6 is 0 Å². The lowest BCUT2D eigenvalue weighted by molar-refractivity contribution is -0.122. The Morgan fingerprint density at radius 2 is 1.55 bits per heavy atom. The van der Waals surface area contributed by atoms with Gasteiger partial charge in [-0.2, -0.15) is 4.31 Å². The molecule has 0 heterocycles. The van der Waals surface area contributed by atoms with Crippen molar-refractivity contribution in [1.29, 1.82) is 0 Å². The minimum Gasteiger partial charge on any atom is -0.348 e. The third-order valence-corrected chi connectivity index (χ3v) is 6.55. The predicted octanol–water partition coefficient (Wildman–Crippen LogP) is 4.03. The number of sulfonamides is 1. The Morgan fingerprint density at radius 1 is 0.935 bits per heavy atom. The number of nitrogens with zero attached hydrogens (tertiary/aromatic N) is 1. The molecule has 0 fully saturated rings. The zero-order chi connectivity index (χ0) is 22.4. The molecule has 0 radical (unpaired) electrons. The van der Waals surface area contributed by atoms with Crippen molar-refractivity contribution < 1.29 is 22.0 Å². The van der Waals surface area contributed by atoms with E-state index < -0.39 is 39.0 Å². The lowest BCUT2D eigenvalue weighted by atomic mass is 10.1. The van der Waals surface area contributed by atoms with Gasteiger partial charge in [-0.25, -0.2) is 17.2 Å². The normalized spacial score (nSPS) is 12.5. The predicted molar refractivity (Wildman–Crippen MR) is 113 cm³/mol. The van der Waals surface area contributed by atoms with Gasteiger partial charge in [-0.1, -0.05) is 54.6 Å². The largest absolute Gasteiger partial charge is 0.348 e. The number of halogens is 2. The minimum absolute atomic E-state index is 0.218. The van der Waals surface area contributed by atoms with Gasteiger partial charge in [0.15, 0.2) is 0 Å². The van der Waals surface area contributed by atoms with E-state index in [1.807, 2.05) is 30.3 Å². The van der Waals surface area contributed by atoms with Gasteiger partial charge in [-0.3, -0.25) is 4.79 Å². The maximum absolute atomic E-state index is 14.3. The third-order valence-electron chi connectivity index (χ3n) is 4.72. The minimum atomic E-state index is -4.33. The number of carbonyl (C=O) groups is 1. The van der Waals surface area contributed by atoms with Crippen LogP contribution in [0.1, 0.15) is 24.1 Å². The van der Waals surface area contributed by atoms with E-state index in [0.717, 1.165) is 22.0 Å². The molecule has 5 nitrogen and oxygen atoms in total. The van der Waals surface area contributed by atoms with Crippen LogP contribution in [0, 0.1) is 11.6 Å². The van der Waals surface area contributed by atoms with Crippen LogP contribution in [-0.2, 0) is 21.4 Å². The third kappa shape index (κ3) is 5.74. The molecule has 3 rings (SSSR count). The van der Waals surface area contributed by atoms with Crippen molar-refractivity contribution in [2.75, 3.05) is 6.54 Å². The van der Waals surface area contributed by atoms with Crippen molar-refractivity contribution in [3.05, 3.63) is 102 Å². The van der Waals surface area contributed by atoms with Crippen LogP contribution in [0.4, 0.5) is 8.78 Å². The van der Waals surface area contributed by atoms with E-state index in [4.69, 9.17) is 0 Å². The number of benzene rings is 3. The fourth-order valence-corrected chi connectivity index (χ4v) is 4.53. The molecule has 162 valence electrons. The molecule has 1 amide bonds. The summed E-state index contributed by atoms with van der Waals surface area (Å²) in [7, 11) is -4.33. The van der Waals surface area contributed by atoms with Gasteiger partial charge < -0.3 is 5.32 Å². The average molecular weight is 445 g/mol. The summed E-state index contributed by atoms with van der Waals surface area (Å²) in [5, 5.41) is 2.76. The standard InChI is InChI=1S/C23H22F2N2O3S/c1-17(19-7-3-2-4-8-19)26-23(28)16-27(15-18-11-13-20(24)14-12-18)31(29,30)22-10-6-5-9-21(22)25/h2-14,17H,15-16H2,1H3,(H,26,28)/t17-/m0/s1. The van der Waals surface area contributed by atoms with E-state index in [-0.39, 0.29) is 12.6 Å². The van der Waals surface area contributed by atoms with Gasteiger partial charge >= 0.3 is 0 Å². The quantitative estimate of drug-likeness (QED) is 0.570. The molecule has 0 aliphatic carbocycles. The van der Waals surface area contributed by atoms with Crippen LogP contribution in [-0.4, -0.2) is 25.2 Å². The first-order valence-electron chi connectivity index (χ1n) is 9.61. The Kier molecular flexibility index (Phi) is 7.14. The highest BCUT2D eigenvalue weighted by Crippen LogP contribution is 2.21. The Bertz CT molecular complexity index is 1140. The first kappa shape index (κ1) is 22.6. The van der Waals surface area contributed by atoms with Gasteiger partial charge in [-0.05, 0) is 42.3 Å². The van der Waals surface area contributed by atoms with Crippen molar-refractivity contribution >= 4 is 15.9 Å². The topological polar surface area (TPSA) is 66.5 Å². The first-order chi connectivity index (χ1) is 14.8. The van der Waals surface area contributed by atoms with Gasteiger partial charge in [0.2, 0.25) is 15.9 Å². The molecule has 0 unspecified atom stereocenters. The van der Waals surface area contributed by atoms with Crippen LogP contribution in [0.3, 0.4) is 0 Å². The maximum atomic E-state index is 14.3. The average Bonchev–Trinajstić information content (AvgIpc) is 2.75. The van der Waals surface area contributed by atoms with E-state index >= 15 is 0 Å². The zero-order valence-corrected chi connectivity index (χ0v) is 17.6. The van der Waals surface area contributed by atoms with E-state index in [9.17, 15) is 22.0 Å². The molecule has 3 aromatic rings. The van der Waals surface area contributed by atoms with Crippen molar-refractivity contribution in [1.82, 2.24) is 9.62 Å². The second kappa shape index (κ2) is 9.80. The highest BCUT2D eigenvalue weighted by atomic mass is 32.2. The highest BCUT2D eigenvalue weighted by molar-refractivity contribution is 7.89. The molecule has 31 heavy (non-hydrogen) atoms. The van der Waals surface area contributed by atoms with E-state index in [0.29, 0.717) is 5.56 Å². The number of carbonyl (C=O) groups excluding carboxylic acids is 1. The zero-order valence-electron chi connectivity index (χ0n) is 16.8. The molecule has 0 saturated carbocycles. The number of amides is 1. The monoisotopic (exact) mass is 444 g/mol. The van der Waals surface area contributed by atoms with Crippen LogP contribution in [0.2, 0.25) is 0 Å². The number of nitrogens with one attached hydrogen (secondary N) is 1. The van der Waals surface area contributed by atoms with Gasteiger partial charge in [-0.15, -0.1) is 0 Å². The van der Waals surface area contributed by atoms with Crippen LogP contribution in [0.15, 0.2) is 83.8 Å². The van der Waals surface area contributed by atoms with E-state index in [1.54, 1.807) is 6.92 Å². The summed E-state index contributed by atoms with van der Waals surface area (Å²) >= 11 is 0. The Hall–Kier alpha value is -3.10. The first-order valence-corrected chi connectivity index (χ1v) is 11.0. The molecular weight excluding hydrogens is 422 g/mol. The summed E-state index contributed by atoms with van der Waals surface area (Å²) in [6, 6.07) is 19.1. The molecule has 0 aliphatic heterocycles. The van der Waals surface area contributed by atoms with Gasteiger partial charge in [0.1, 0.15) is 16.5 Å². The summed E-state index contributed by atoms with van der Waals surface area (Å²) < 4.78 is 54.7. The van der Waals surface area contributed by atoms with Crippen molar-refractivity contribution in [3.8, 4) is 0 Å². The molecule has 1 N–H and O–H groups in total. The van der Waals surface area contributed by atoms with Gasteiger partial charge in [0.25, 0.3) is 0 Å². The van der Waals surface area contributed by atoms with E-state index in [1.165, 1.54) is 36.4 Å². The SMILES string of the molecule is C[C@H](NC(=O)CN(Cc1ccc(F)cc1)S(=O)(=O)c1ccccc1F)c1ccccc1. The summed E-state index contributed by atoms with van der Waals surface area (Å²) in [6.45, 7) is 1.04. The van der Waals surface area contributed by atoms with Gasteiger partial charge in [0.05, 0.1) is 12.6 Å². The molecule has 3 aromatic carbocycles. The summed E-state index contributed by atoms with van der Waals surface area (Å²) in [5.74, 6) is -1.93. The Morgan fingerprint density at radius 3 is 2.19 bits per heavy atom. The number of hydrogen-bond donors (Lipinski definition) is 1. The van der Waals surface area contributed by atoms with Crippen LogP contribution in [0.5, 0.6) is 0 Å². The maximum Gasteiger partial charge on any atom is 0.246 e. The Labute approximate surface area is 180 Å². The molecular formula is C23H22F2N2O3S. The summed E-state index contributed by atoms with van der Waals surface area (Å²) in [6.07, 6.45) is 0. The number of rotatable bonds is 8. The molecule has 0 aromatic heterocycles. The van der Waals surface area contributed by atoms with Crippen molar-refractivity contribution in [2.24, 2.45) is 0 Å². The van der Waals surface area contributed by atoms with Crippen LogP contribution < -0.4 is 5.32 Å². The van der Waals surface area contributed by atoms with Crippen molar-refractivity contribution in [2.45, 2.75) is 24.4 Å². The van der Waals surface area contributed by atoms with Crippen LogP contribution in [0.25, 0.3) is 0 Å². The molecule has 0 bridgehead atoms. The van der Waals surface area contributed by atoms with Crippen molar-refractivity contribution in [3.63, 3.8) is 0 Å². The summed E-state index contributed by atoms with van der Waals surface area (Å²) in [4.78, 5) is 12.1. The smallest absolute Gasteiger partial charge is 0.246 e. The fraction of sp³-hybridized carbons (Fsp3) is 0.174. The molecule has 1 atom stereocenters. The Balaban J connectivity index is 1.85.